The molecule has 13 heavy (non-hydrogen) atoms. The van der Waals surface area contributed by atoms with Gasteiger partial charge >= 0.3 is 0 Å². The van der Waals surface area contributed by atoms with Gasteiger partial charge in [-0.1, -0.05) is 5.16 Å². The highest BCUT2D eigenvalue weighted by molar-refractivity contribution is 5.04. The second kappa shape index (κ2) is 2.80. The summed E-state index contributed by atoms with van der Waals surface area (Å²) in [4.78, 5) is 4.41. The van der Waals surface area contributed by atoms with Gasteiger partial charge in [0, 0.05) is 5.92 Å². The van der Waals surface area contributed by atoms with Gasteiger partial charge in [0.15, 0.2) is 5.82 Å². The number of rotatable bonds is 2. The average Bonchev–Trinajstić information content (AvgIpc) is 2.72. The molecule has 0 radical (unpaired) electrons. The van der Waals surface area contributed by atoms with E-state index in [1.165, 1.54) is 19.3 Å². The third-order valence-corrected chi connectivity index (χ3v) is 2.76. The van der Waals surface area contributed by atoms with E-state index in [4.69, 9.17) is 4.52 Å². The van der Waals surface area contributed by atoms with E-state index in [0.717, 1.165) is 24.7 Å². The zero-order valence-corrected chi connectivity index (χ0v) is 7.49. The van der Waals surface area contributed by atoms with E-state index >= 15 is 0 Å². The van der Waals surface area contributed by atoms with E-state index in [1.807, 2.05) is 0 Å². The maximum Gasteiger partial charge on any atom is 0.229 e. The Labute approximate surface area is 76.7 Å². The van der Waals surface area contributed by atoms with Crippen LogP contribution in [-0.2, 0) is 0 Å². The van der Waals surface area contributed by atoms with Crippen molar-refractivity contribution in [1.82, 2.24) is 15.5 Å². The largest absolute Gasteiger partial charge is 0.339 e. The van der Waals surface area contributed by atoms with Crippen LogP contribution in [-0.4, -0.2) is 16.7 Å². The van der Waals surface area contributed by atoms with Crippen molar-refractivity contribution in [3.63, 3.8) is 0 Å². The van der Waals surface area contributed by atoms with E-state index in [0.29, 0.717) is 12.0 Å². The highest BCUT2D eigenvalue weighted by Gasteiger charge is 2.31. The van der Waals surface area contributed by atoms with Crippen molar-refractivity contribution in [2.24, 2.45) is 0 Å². The van der Waals surface area contributed by atoms with Crippen molar-refractivity contribution in [3.8, 4) is 0 Å². The van der Waals surface area contributed by atoms with Crippen molar-refractivity contribution >= 4 is 0 Å². The third kappa shape index (κ3) is 1.35. The van der Waals surface area contributed by atoms with E-state index in [2.05, 4.69) is 15.5 Å². The summed E-state index contributed by atoms with van der Waals surface area (Å²) < 4.78 is 5.20. The molecule has 1 aromatic rings. The quantitative estimate of drug-likeness (QED) is 0.745. The molecule has 1 aromatic heterocycles. The maximum atomic E-state index is 5.20. The molecule has 0 bridgehead atoms. The molecule has 1 atom stereocenters. The predicted molar refractivity (Wildman–Crippen MR) is 46.3 cm³/mol. The van der Waals surface area contributed by atoms with E-state index in [1.54, 1.807) is 0 Å². The molecule has 1 N–H and O–H groups in total. The zero-order valence-electron chi connectivity index (χ0n) is 7.49. The van der Waals surface area contributed by atoms with Crippen molar-refractivity contribution in [2.45, 2.75) is 37.6 Å². The first-order valence-corrected chi connectivity index (χ1v) is 5.00. The minimum Gasteiger partial charge on any atom is -0.339 e. The SMILES string of the molecule is C1CN[C@@H](c2noc(C3CC3)n2)C1. The average molecular weight is 179 g/mol. The summed E-state index contributed by atoms with van der Waals surface area (Å²) in [5.41, 5.74) is 0. The summed E-state index contributed by atoms with van der Waals surface area (Å²) in [5.74, 6) is 2.28. The van der Waals surface area contributed by atoms with E-state index in [9.17, 15) is 0 Å². The van der Waals surface area contributed by atoms with Crippen LogP contribution in [0.3, 0.4) is 0 Å². The zero-order chi connectivity index (χ0) is 8.67. The van der Waals surface area contributed by atoms with Gasteiger partial charge < -0.3 is 9.84 Å². The summed E-state index contributed by atoms with van der Waals surface area (Å²) in [5, 5.41) is 7.37. The van der Waals surface area contributed by atoms with Crippen LogP contribution in [0.15, 0.2) is 4.52 Å². The van der Waals surface area contributed by atoms with Gasteiger partial charge in [-0.2, -0.15) is 4.98 Å². The number of hydrogen-bond donors (Lipinski definition) is 1. The minimum absolute atomic E-state index is 0.344. The first-order valence-electron chi connectivity index (χ1n) is 5.00. The second-order valence-corrected chi connectivity index (χ2v) is 3.91. The Bertz CT molecular complexity index is 300. The lowest BCUT2D eigenvalue weighted by Crippen LogP contribution is -2.14. The molecule has 1 saturated carbocycles. The Morgan fingerprint density at radius 1 is 1.31 bits per heavy atom. The van der Waals surface area contributed by atoms with Gasteiger partial charge in [-0.25, -0.2) is 0 Å². The molecule has 0 aromatic carbocycles. The molecule has 0 amide bonds. The standard InChI is InChI=1S/C9H13N3O/c1-2-7(10-5-1)8-11-9(13-12-8)6-3-4-6/h6-7,10H,1-5H2/t7-/m1/s1. The summed E-state index contributed by atoms with van der Waals surface area (Å²) in [6.45, 7) is 1.08. The number of hydrogen-bond acceptors (Lipinski definition) is 4. The minimum atomic E-state index is 0.344. The van der Waals surface area contributed by atoms with Gasteiger partial charge in [0.25, 0.3) is 0 Å². The molecule has 4 nitrogen and oxygen atoms in total. The molecule has 2 heterocycles. The molecule has 0 spiro atoms. The lowest BCUT2D eigenvalue weighted by atomic mass is 10.2. The molecule has 3 rings (SSSR count). The van der Waals surface area contributed by atoms with Gasteiger partial charge in [0.1, 0.15) is 0 Å². The molecule has 1 saturated heterocycles. The Morgan fingerprint density at radius 2 is 2.23 bits per heavy atom. The van der Waals surface area contributed by atoms with Crippen LogP contribution in [0.5, 0.6) is 0 Å². The first kappa shape index (κ1) is 7.50. The van der Waals surface area contributed by atoms with Gasteiger partial charge in [-0.15, -0.1) is 0 Å². The van der Waals surface area contributed by atoms with Gasteiger partial charge in [0.05, 0.1) is 6.04 Å². The monoisotopic (exact) mass is 179 g/mol. The van der Waals surface area contributed by atoms with Crippen LogP contribution < -0.4 is 5.32 Å². The molecular weight excluding hydrogens is 166 g/mol. The smallest absolute Gasteiger partial charge is 0.229 e. The Morgan fingerprint density at radius 3 is 2.92 bits per heavy atom. The van der Waals surface area contributed by atoms with Crippen molar-refractivity contribution in [3.05, 3.63) is 11.7 Å². The Kier molecular flexibility index (Phi) is 1.62. The van der Waals surface area contributed by atoms with Crippen LogP contribution in [0.4, 0.5) is 0 Å². The lowest BCUT2D eigenvalue weighted by Gasteiger charge is -2.01. The maximum absolute atomic E-state index is 5.20. The molecule has 1 aliphatic heterocycles. The van der Waals surface area contributed by atoms with E-state index in [-0.39, 0.29) is 0 Å². The molecule has 0 unspecified atom stereocenters. The summed E-state index contributed by atoms with van der Waals surface area (Å²) in [6.07, 6.45) is 4.81. The van der Waals surface area contributed by atoms with Gasteiger partial charge in [0.2, 0.25) is 5.89 Å². The second-order valence-electron chi connectivity index (χ2n) is 3.91. The van der Waals surface area contributed by atoms with Crippen LogP contribution in [0, 0.1) is 0 Å². The first-order chi connectivity index (χ1) is 6.43. The topological polar surface area (TPSA) is 51.0 Å². The number of nitrogens with zero attached hydrogens (tertiary/aromatic N) is 2. The summed E-state index contributed by atoms with van der Waals surface area (Å²) in [7, 11) is 0. The van der Waals surface area contributed by atoms with Crippen LogP contribution >= 0.6 is 0 Å². The van der Waals surface area contributed by atoms with Gasteiger partial charge in [-0.3, -0.25) is 0 Å². The summed E-state index contributed by atoms with van der Waals surface area (Å²) in [6, 6.07) is 0.344. The number of aromatic nitrogens is 2. The molecule has 2 aliphatic rings. The fourth-order valence-corrected chi connectivity index (χ4v) is 1.79. The van der Waals surface area contributed by atoms with Crippen LogP contribution in [0.2, 0.25) is 0 Å². The Balaban J connectivity index is 1.79. The van der Waals surface area contributed by atoms with E-state index < -0.39 is 0 Å². The van der Waals surface area contributed by atoms with Crippen LogP contribution in [0.25, 0.3) is 0 Å². The lowest BCUT2D eigenvalue weighted by molar-refractivity contribution is 0.369. The molecule has 70 valence electrons. The number of nitrogens with one attached hydrogen (secondary N) is 1. The molecule has 1 aliphatic carbocycles. The molecule has 2 fully saturated rings. The fourth-order valence-electron chi connectivity index (χ4n) is 1.79. The normalized spacial score (nSPS) is 28.2. The highest BCUT2D eigenvalue weighted by Crippen LogP contribution is 2.39. The van der Waals surface area contributed by atoms with Crippen molar-refractivity contribution in [1.29, 1.82) is 0 Å². The third-order valence-electron chi connectivity index (χ3n) is 2.76. The van der Waals surface area contributed by atoms with Crippen molar-refractivity contribution < 1.29 is 4.52 Å². The van der Waals surface area contributed by atoms with Crippen LogP contribution in [0.1, 0.15) is 49.4 Å². The van der Waals surface area contributed by atoms with Gasteiger partial charge in [-0.05, 0) is 32.2 Å². The summed E-state index contributed by atoms with van der Waals surface area (Å²) >= 11 is 0. The Hall–Kier alpha value is -0.900. The highest BCUT2D eigenvalue weighted by atomic mass is 16.5. The molecule has 4 heteroatoms. The van der Waals surface area contributed by atoms with Crippen molar-refractivity contribution in [2.75, 3.05) is 6.54 Å². The predicted octanol–water partition coefficient (Wildman–Crippen LogP) is 1.37. The fraction of sp³-hybridized carbons (Fsp3) is 0.778. The molecular formula is C9H13N3O.